The van der Waals surface area contributed by atoms with Crippen LogP contribution in [0.1, 0.15) is 5.82 Å². The number of carbonyl (C=O) groups excluding carboxylic acids is 1. The zero-order valence-electron chi connectivity index (χ0n) is 12.9. The topological polar surface area (TPSA) is 78.9 Å². The fourth-order valence-electron chi connectivity index (χ4n) is 2.12. The summed E-state index contributed by atoms with van der Waals surface area (Å²) in [6.07, 6.45) is -4.75. The summed E-state index contributed by atoms with van der Waals surface area (Å²) in [7, 11) is 0. The predicted molar refractivity (Wildman–Crippen MR) is 91.8 cm³/mol. The highest BCUT2D eigenvalue weighted by molar-refractivity contribution is 6.31. The van der Waals surface area contributed by atoms with Crippen molar-refractivity contribution >= 4 is 40.0 Å². The molecular formula is C16H11ClF3N5O. The number of aromatic nitrogens is 2. The van der Waals surface area contributed by atoms with E-state index >= 15 is 0 Å². The van der Waals surface area contributed by atoms with E-state index in [-0.39, 0.29) is 21.7 Å². The third-order valence-corrected chi connectivity index (χ3v) is 3.47. The Hall–Kier alpha value is -3.07. The van der Waals surface area contributed by atoms with E-state index in [1.165, 1.54) is 18.2 Å². The first-order valence-electron chi connectivity index (χ1n) is 7.25. The number of hydrogen-bond donors (Lipinski definition) is 3. The number of hydrazine groups is 1. The first-order valence-corrected chi connectivity index (χ1v) is 7.63. The number of nitrogens with one attached hydrogen (secondary N) is 3. The second-order valence-electron chi connectivity index (χ2n) is 5.13. The molecule has 26 heavy (non-hydrogen) atoms. The Morgan fingerprint density at radius 3 is 2.46 bits per heavy atom. The van der Waals surface area contributed by atoms with E-state index in [9.17, 15) is 18.0 Å². The van der Waals surface area contributed by atoms with Crippen LogP contribution in [-0.2, 0) is 6.18 Å². The van der Waals surface area contributed by atoms with Gasteiger partial charge in [0.1, 0.15) is 0 Å². The van der Waals surface area contributed by atoms with E-state index in [1.807, 2.05) is 0 Å². The molecule has 0 unspecified atom stereocenters. The van der Waals surface area contributed by atoms with Gasteiger partial charge < -0.3 is 5.32 Å². The minimum atomic E-state index is -4.75. The fourth-order valence-corrected chi connectivity index (χ4v) is 2.29. The molecule has 0 radical (unpaired) electrons. The van der Waals surface area contributed by atoms with Gasteiger partial charge in [-0.1, -0.05) is 29.8 Å². The van der Waals surface area contributed by atoms with Crippen LogP contribution in [-0.4, -0.2) is 16.0 Å². The summed E-state index contributed by atoms with van der Waals surface area (Å²) in [4.78, 5) is 18.8. The lowest BCUT2D eigenvalue weighted by atomic mass is 10.2. The maximum absolute atomic E-state index is 13.0. The summed E-state index contributed by atoms with van der Waals surface area (Å²) in [5, 5.41) is 3.01. The third-order valence-electron chi connectivity index (χ3n) is 3.24. The average Bonchev–Trinajstić information content (AvgIpc) is 2.59. The van der Waals surface area contributed by atoms with Crippen molar-refractivity contribution in [2.75, 3.05) is 10.7 Å². The monoisotopic (exact) mass is 381 g/mol. The zero-order chi connectivity index (χ0) is 18.7. The number of hydrogen-bond acceptors (Lipinski definition) is 4. The number of fused-ring (bicyclic) bond motifs is 1. The number of carbonyl (C=O) groups is 1. The molecule has 3 aromatic rings. The molecule has 2 amide bonds. The van der Waals surface area contributed by atoms with Gasteiger partial charge in [0, 0.05) is 16.1 Å². The standard InChI is InChI=1S/C16H11ClF3N5O/c17-9-6-7-11-12(8-9)22-14(16(18,19)20)23-13(11)24-25-15(26)21-10-4-2-1-3-5-10/h1-8H,(H2,21,25,26)(H,22,23,24). The SMILES string of the molecule is O=C(NNc1nc(C(F)(F)F)nc2cc(Cl)ccc12)Nc1ccccc1. The van der Waals surface area contributed by atoms with Gasteiger partial charge in [-0.25, -0.2) is 14.8 Å². The molecule has 0 aliphatic carbocycles. The number of rotatable bonds is 3. The van der Waals surface area contributed by atoms with Gasteiger partial charge in [-0.15, -0.1) is 0 Å². The summed E-state index contributed by atoms with van der Waals surface area (Å²) in [6.45, 7) is 0. The summed E-state index contributed by atoms with van der Waals surface area (Å²) in [6, 6.07) is 12.1. The molecule has 0 atom stereocenters. The molecule has 0 saturated carbocycles. The predicted octanol–water partition coefficient (Wildman–Crippen LogP) is 4.45. The second kappa shape index (κ2) is 7.04. The Balaban J connectivity index is 1.85. The first-order chi connectivity index (χ1) is 12.3. The van der Waals surface area contributed by atoms with Crippen molar-refractivity contribution in [1.82, 2.24) is 15.4 Å². The van der Waals surface area contributed by atoms with E-state index in [0.29, 0.717) is 5.69 Å². The highest BCUT2D eigenvalue weighted by Gasteiger charge is 2.35. The molecular weight excluding hydrogens is 371 g/mol. The van der Waals surface area contributed by atoms with Crippen LogP contribution >= 0.6 is 11.6 Å². The van der Waals surface area contributed by atoms with Gasteiger partial charge in [0.2, 0.25) is 5.82 Å². The van der Waals surface area contributed by atoms with Crippen molar-refractivity contribution in [3.05, 3.63) is 59.4 Å². The van der Waals surface area contributed by atoms with E-state index < -0.39 is 18.0 Å². The van der Waals surface area contributed by atoms with Crippen LogP contribution in [0.25, 0.3) is 10.9 Å². The van der Waals surface area contributed by atoms with Crippen LogP contribution in [0, 0.1) is 0 Å². The number of halogens is 4. The molecule has 6 nitrogen and oxygen atoms in total. The lowest BCUT2D eigenvalue weighted by Crippen LogP contribution is -2.34. The maximum atomic E-state index is 13.0. The Bertz CT molecular complexity index is 950. The highest BCUT2D eigenvalue weighted by Crippen LogP contribution is 2.31. The third kappa shape index (κ3) is 4.12. The summed E-state index contributed by atoms with van der Waals surface area (Å²) >= 11 is 5.81. The maximum Gasteiger partial charge on any atom is 0.451 e. The number of para-hydroxylation sites is 1. The van der Waals surface area contributed by atoms with Crippen molar-refractivity contribution < 1.29 is 18.0 Å². The highest BCUT2D eigenvalue weighted by atomic mass is 35.5. The minimum absolute atomic E-state index is 0.00686. The number of alkyl halides is 3. The average molecular weight is 382 g/mol. The van der Waals surface area contributed by atoms with Gasteiger partial charge >= 0.3 is 12.2 Å². The van der Waals surface area contributed by atoms with Gasteiger partial charge in [0.25, 0.3) is 0 Å². The molecule has 2 aromatic carbocycles. The molecule has 0 aliphatic rings. The van der Waals surface area contributed by atoms with Gasteiger partial charge in [0.05, 0.1) is 5.52 Å². The molecule has 10 heteroatoms. The normalized spacial score (nSPS) is 11.2. The van der Waals surface area contributed by atoms with Gasteiger partial charge in [-0.05, 0) is 30.3 Å². The van der Waals surface area contributed by atoms with Crippen molar-refractivity contribution in [1.29, 1.82) is 0 Å². The Labute approximate surface area is 150 Å². The lowest BCUT2D eigenvalue weighted by Gasteiger charge is -2.13. The minimum Gasteiger partial charge on any atom is -0.307 e. The van der Waals surface area contributed by atoms with E-state index in [1.54, 1.807) is 30.3 Å². The van der Waals surface area contributed by atoms with Crippen LogP contribution in [0.2, 0.25) is 5.02 Å². The number of benzene rings is 2. The Kier molecular flexibility index (Phi) is 4.81. The molecule has 0 bridgehead atoms. The molecule has 3 rings (SSSR count). The zero-order valence-corrected chi connectivity index (χ0v) is 13.7. The number of nitrogens with zero attached hydrogens (tertiary/aromatic N) is 2. The number of amides is 2. The van der Waals surface area contributed by atoms with Gasteiger partial charge in [0.15, 0.2) is 5.82 Å². The Morgan fingerprint density at radius 1 is 1.04 bits per heavy atom. The molecule has 0 saturated heterocycles. The number of urea groups is 1. The molecule has 134 valence electrons. The molecule has 3 N–H and O–H groups in total. The lowest BCUT2D eigenvalue weighted by molar-refractivity contribution is -0.144. The van der Waals surface area contributed by atoms with E-state index in [4.69, 9.17) is 11.6 Å². The summed E-state index contributed by atoms with van der Waals surface area (Å²) in [5.41, 5.74) is 5.13. The quantitative estimate of drug-likeness (QED) is 0.586. The molecule has 1 heterocycles. The largest absolute Gasteiger partial charge is 0.451 e. The van der Waals surface area contributed by atoms with Crippen molar-refractivity contribution in [2.24, 2.45) is 0 Å². The fraction of sp³-hybridized carbons (Fsp3) is 0.0625. The second-order valence-corrected chi connectivity index (χ2v) is 5.56. The molecule has 0 fully saturated rings. The smallest absolute Gasteiger partial charge is 0.307 e. The first kappa shape index (κ1) is 17.7. The van der Waals surface area contributed by atoms with Crippen LogP contribution in [0.4, 0.5) is 29.5 Å². The van der Waals surface area contributed by atoms with Crippen LogP contribution in [0.5, 0.6) is 0 Å². The van der Waals surface area contributed by atoms with E-state index in [2.05, 4.69) is 26.1 Å². The molecule has 0 spiro atoms. The van der Waals surface area contributed by atoms with Crippen LogP contribution < -0.4 is 16.2 Å². The summed E-state index contributed by atoms with van der Waals surface area (Å²) in [5.74, 6) is -1.55. The Morgan fingerprint density at radius 2 is 1.77 bits per heavy atom. The van der Waals surface area contributed by atoms with E-state index in [0.717, 1.165) is 0 Å². The van der Waals surface area contributed by atoms with Gasteiger partial charge in [-0.2, -0.15) is 13.2 Å². The molecule has 0 aliphatic heterocycles. The van der Waals surface area contributed by atoms with Crippen molar-refractivity contribution in [2.45, 2.75) is 6.18 Å². The van der Waals surface area contributed by atoms with Gasteiger partial charge in [-0.3, -0.25) is 10.9 Å². The van der Waals surface area contributed by atoms with Crippen molar-refractivity contribution in [3.63, 3.8) is 0 Å². The van der Waals surface area contributed by atoms with Crippen molar-refractivity contribution in [3.8, 4) is 0 Å². The van der Waals surface area contributed by atoms with Crippen LogP contribution in [0.15, 0.2) is 48.5 Å². The number of anilines is 2. The van der Waals surface area contributed by atoms with Crippen LogP contribution in [0.3, 0.4) is 0 Å². The molecule has 1 aromatic heterocycles. The summed E-state index contributed by atoms with van der Waals surface area (Å²) < 4.78 is 39.0.